The molecule has 0 amide bonds. The van der Waals surface area contributed by atoms with Gasteiger partial charge in [0.2, 0.25) is 0 Å². The molecule has 0 aliphatic carbocycles. The number of anilines is 1. The summed E-state index contributed by atoms with van der Waals surface area (Å²) >= 11 is 3.41. The molecule has 0 spiro atoms. The van der Waals surface area contributed by atoms with E-state index in [2.05, 4.69) is 15.9 Å². The number of aliphatic carboxylic acids is 2. The fourth-order valence-electron chi connectivity index (χ4n) is 4.01. The third-order valence-corrected chi connectivity index (χ3v) is 5.90. The minimum absolute atomic E-state index is 0.00154. The van der Waals surface area contributed by atoms with E-state index in [9.17, 15) is 19.8 Å². The monoisotopic (exact) mass is 492 g/mol. The highest BCUT2D eigenvalue weighted by atomic mass is 79.9. The van der Waals surface area contributed by atoms with Gasteiger partial charge in [-0.2, -0.15) is 0 Å². The first-order valence-electron chi connectivity index (χ1n) is 10.0. The lowest BCUT2D eigenvalue weighted by Gasteiger charge is -2.45. The Kier molecular flexibility index (Phi) is 6.39. The van der Waals surface area contributed by atoms with Crippen molar-refractivity contribution in [3.05, 3.63) is 112 Å². The number of carboxylic acids is 2. The third kappa shape index (κ3) is 4.44. The summed E-state index contributed by atoms with van der Waals surface area (Å²) in [5, 5.41) is 20.0. The van der Waals surface area contributed by atoms with E-state index in [-0.39, 0.29) is 17.8 Å². The molecule has 7 heteroatoms. The van der Waals surface area contributed by atoms with Crippen molar-refractivity contribution >= 4 is 33.6 Å². The number of hydrogen-bond acceptors (Lipinski definition) is 4. The zero-order valence-corrected chi connectivity index (χ0v) is 18.6. The van der Waals surface area contributed by atoms with Crippen LogP contribution in [0, 0.1) is 0 Å². The summed E-state index contributed by atoms with van der Waals surface area (Å²) in [6, 6.07) is 26.5. The quantitative estimate of drug-likeness (QED) is 0.509. The third-order valence-electron chi connectivity index (χ3n) is 5.37. The molecule has 1 unspecified atom stereocenters. The van der Waals surface area contributed by atoms with Crippen molar-refractivity contribution in [3.8, 4) is 0 Å². The number of hydrogen-bond donors (Lipinski definition) is 2. The number of halogens is 1. The second-order valence-corrected chi connectivity index (χ2v) is 8.37. The van der Waals surface area contributed by atoms with Crippen LogP contribution in [0.5, 0.6) is 0 Å². The Bertz CT molecular complexity index is 1150. The first-order chi connectivity index (χ1) is 15.5. The van der Waals surface area contributed by atoms with Crippen LogP contribution in [-0.2, 0) is 16.1 Å². The SMILES string of the molecule is O=C(O)C1=C(C(=O)O)N(c2ccc(Br)cc2)C(c2ccccc2)N(Cc2ccccc2)C1. The van der Waals surface area contributed by atoms with Crippen LogP contribution >= 0.6 is 15.9 Å². The summed E-state index contributed by atoms with van der Waals surface area (Å²) in [5.74, 6) is -2.51. The Morgan fingerprint density at radius 3 is 2.00 bits per heavy atom. The Balaban J connectivity index is 1.94. The van der Waals surface area contributed by atoms with E-state index in [0.29, 0.717) is 12.2 Å². The molecule has 32 heavy (non-hydrogen) atoms. The maximum Gasteiger partial charge on any atom is 0.353 e. The van der Waals surface area contributed by atoms with Gasteiger partial charge in [-0.15, -0.1) is 0 Å². The Morgan fingerprint density at radius 1 is 0.844 bits per heavy atom. The molecule has 162 valence electrons. The van der Waals surface area contributed by atoms with Gasteiger partial charge in [0.15, 0.2) is 0 Å². The van der Waals surface area contributed by atoms with E-state index in [1.54, 1.807) is 17.0 Å². The Hall–Kier alpha value is -3.42. The molecule has 1 atom stereocenters. The Labute approximate surface area is 194 Å². The topological polar surface area (TPSA) is 81.1 Å². The van der Waals surface area contributed by atoms with Gasteiger partial charge in [-0.1, -0.05) is 76.6 Å². The molecule has 1 aliphatic heterocycles. The zero-order valence-electron chi connectivity index (χ0n) is 17.1. The van der Waals surface area contributed by atoms with E-state index >= 15 is 0 Å². The molecule has 4 rings (SSSR count). The van der Waals surface area contributed by atoms with Crippen LogP contribution < -0.4 is 4.90 Å². The average Bonchev–Trinajstić information content (AvgIpc) is 2.80. The fourth-order valence-corrected chi connectivity index (χ4v) is 4.28. The smallest absolute Gasteiger partial charge is 0.353 e. The van der Waals surface area contributed by atoms with Crippen molar-refractivity contribution in [1.82, 2.24) is 4.90 Å². The van der Waals surface area contributed by atoms with Gasteiger partial charge in [-0.25, -0.2) is 9.59 Å². The van der Waals surface area contributed by atoms with Crippen molar-refractivity contribution < 1.29 is 19.8 Å². The first-order valence-corrected chi connectivity index (χ1v) is 10.8. The molecule has 0 aromatic heterocycles. The fraction of sp³-hybridized carbons (Fsp3) is 0.120. The van der Waals surface area contributed by atoms with Crippen molar-refractivity contribution in [3.63, 3.8) is 0 Å². The van der Waals surface area contributed by atoms with Gasteiger partial charge in [0.25, 0.3) is 0 Å². The van der Waals surface area contributed by atoms with Crippen LogP contribution in [0.1, 0.15) is 17.3 Å². The summed E-state index contributed by atoms with van der Waals surface area (Å²) in [5.41, 5.74) is 2.10. The molecule has 0 saturated heterocycles. The van der Waals surface area contributed by atoms with Crippen LogP contribution in [0.2, 0.25) is 0 Å². The number of nitrogens with zero attached hydrogens (tertiary/aromatic N) is 2. The molecule has 3 aromatic carbocycles. The van der Waals surface area contributed by atoms with Crippen LogP contribution in [0.25, 0.3) is 0 Å². The van der Waals surface area contributed by atoms with Crippen LogP contribution in [-0.4, -0.2) is 33.6 Å². The predicted molar refractivity (Wildman–Crippen MR) is 125 cm³/mol. The molecular formula is C25H21BrN2O4. The normalized spacial score (nSPS) is 16.8. The van der Waals surface area contributed by atoms with Gasteiger partial charge in [-0.05, 0) is 35.4 Å². The average molecular weight is 493 g/mol. The van der Waals surface area contributed by atoms with Crippen LogP contribution in [0.15, 0.2) is 101 Å². The molecule has 3 aromatic rings. The molecule has 0 bridgehead atoms. The van der Waals surface area contributed by atoms with Gasteiger partial charge in [-0.3, -0.25) is 4.90 Å². The van der Waals surface area contributed by atoms with E-state index < -0.39 is 18.1 Å². The van der Waals surface area contributed by atoms with Crippen LogP contribution in [0.4, 0.5) is 5.69 Å². The number of carbonyl (C=O) groups is 2. The lowest BCUT2D eigenvalue weighted by atomic mass is 10.00. The zero-order chi connectivity index (χ0) is 22.7. The van der Waals surface area contributed by atoms with Gasteiger partial charge in [0.05, 0.1) is 5.57 Å². The summed E-state index contributed by atoms with van der Waals surface area (Å²) in [7, 11) is 0. The lowest BCUT2D eigenvalue weighted by Crippen LogP contribution is -2.49. The van der Waals surface area contributed by atoms with E-state index in [4.69, 9.17) is 0 Å². The van der Waals surface area contributed by atoms with Gasteiger partial charge >= 0.3 is 11.9 Å². The minimum atomic E-state index is -1.27. The van der Waals surface area contributed by atoms with E-state index in [0.717, 1.165) is 15.6 Å². The second kappa shape index (κ2) is 9.38. The highest BCUT2D eigenvalue weighted by molar-refractivity contribution is 9.10. The maximum absolute atomic E-state index is 12.4. The van der Waals surface area contributed by atoms with Gasteiger partial charge in [0.1, 0.15) is 11.9 Å². The summed E-state index contributed by atoms with van der Waals surface area (Å²) in [4.78, 5) is 28.1. The van der Waals surface area contributed by atoms with E-state index in [1.165, 1.54) is 0 Å². The highest BCUT2D eigenvalue weighted by Gasteiger charge is 2.41. The van der Waals surface area contributed by atoms with Gasteiger partial charge < -0.3 is 15.1 Å². The summed E-state index contributed by atoms with van der Waals surface area (Å²) in [6.45, 7) is 0.454. The molecule has 0 fully saturated rings. The van der Waals surface area contributed by atoms with Crippen molar-refractivity contribution in [1.29, 1.82) is 0 Å². The molecule has 6 nitrogen and oxygen atoms in total. The van der Waals surface area contributed by atoms with Crippen molar-refractivity contribution in [2.24, 2.45) is 0 Å². The lowest BCUT2D eigenvalue weighted by molar-refractivity contribution is -0.137. The largest absolute Gasteiger partial charge is 0.478 e. The molecule has 0 radical (unpaired) electrons. The standard InChI is InChI=1S/C25H21BrN2O4/c26-19-11-13-20(14-12-19)28-22(25(31)32)21(24(29)30)16-27(15-17-7-3-1-4-8-17)23(28)18-9-5-2-6-10-18/h1-14,23H,15-16H2,(H,29,30)(H,31,32). The number of rotatable bonds is 6. The molecule has 0 saturated carbocycles. The maximum atomic E-state index is 12.4. The summed E-state index contributed by atoms with van der Waals surface area (Å²) in [6.07, 6.45) is -0.508. The second-order valence-electron chi connectivity index (χ2n) is 7.46. The van der Waals surface area contributed by atoms with Crippen molar-refractivity contribution in [2.45, 2.75) is 12.7 Å². The number of carboxylic acid groups (broad SMARTS) is 2. The van der Waals surface area contributed by atoms with Gasteiger partial charge in [0, 0.05) is 23.2 Å². The van der Waals surface area contributed by atoms with Crippen molar-refractivity contribution in [2.75, 3.05) is 11.4 Å². The Morgan fingerprint density at radius 2 is 1.44 bits per heavy atom. The molecular weight excluding hydrogens is 472 g/mol. The molecule has 1 aliphatic rings. The predicted octanol–water partition coefficient (Wildman–Crippen LogP) is 4.89. The van der Waals surface area contributed by atoms with E-state index in [1.807, 2.05) is 77.7 Å². The summed E-state index contributed by atoms with van der Waals surface area (Å²) < 4.78 is 0.843. The molecule has 2 N–H and O–H groups in total. The number of benzene rings is 3. The van der Waals surface area contributed by atoms with Crippen LogP contribution in [0.3, 0.4) is 0 Å². The highest BCUT2D eigenvalue weighted by Crippen LogP contribution is 2.40. The minimum Gasteiger partial charge on any atom is -0.478 e. The first kappa shape index (κ1) is 21.8. The molecule has 1 heterocycles.